The number of H-pyrrole nitrogens is 1. The number of carbonyl (C=O) groups excluding carboxylic acids is 1. The topological polar surface area (TPSA) is 102 Å². The number of aryl methyl sites for hydroxylation is 1. The predicted octanol–water partition coefficient (Wildman–Crippen LogP) is 2.73. The van der Waals surface area contributed by atoms with Gasteiger partial charge in [-0.25, -0.2) is 14.8 Å². The van der Waals surface area contributed by atoms with Crippen molar-refractivity contribution in [2.75, 3.05) is 6.54 Å². The molecule has 0 radical (unpaired) electrons. The maximum Gasteiger partial charge on any atom is 0.407 e. The van der Waals surface area contributed by atoms with Crippen LogP contribution in [-0.2, 0) is 11.3 Å². The molecule has 0 saturated carbocycles. The Kier molecular flexibility index (Phi) is 4.16. The first kappa shape index (κ1) is 16.3. The molecule has 4 rings (SSSR count). The molecule has 4 bridgehead atoms. The van der Waals surface area contributed by atoms with Gasteiger partial charge >= 0.3 is 6.09 Å². The van der Waals surface area contributed by atoms with Crippen LogP contribution in [0, 0.1) is 6.92 Å². The molecule has 1 atom stereocenters. The lowest BCUT2D eigenvalue weighted by Gasteiger charge is -2.15. The van der Waals surface area contributed by atoms with Crippen molar-refractivity contribution in [3.63, 3.8) is 0 Å². The summed E-state index contributed by atoms with van der Waals surface area (Å²) in [7, 11) is 0. The summed E-state index contributed by atoms with van der Waals surface area (Å²) in [6.45, 7) is 4.29. The molecule has 8 heteroatoms. The van der Waals surface area contributed by atoms with Crippen LogP contribution in [0.15, 0.2) is 24.3 Å². The molecule has 0 spiro atoms. The fraction of sp³-hybridized carbons (Fsp3) is 0.333. The number of cyclic esters (lactones) is 1. The number of fused-ring (bicyclic) bond motifs is 4. The van der Waals surface area contributed by atoms with Gasteiger partial charge in [0.1, 0.15) is 11.4 Å². The number of nitrogens with zero attached hydrogens (tertiary/aromatic N) is 3. The standard InChI is InChI=1S/C18H19N5O3/c1-10-7-15-17-13-8-12(3-4-14(13)22-23-17)26-11(2)5-6-19-18(24)25-9-16(20-10)21-15/h3-4,7-8,11H,5-6,9H2,1-2H3,(H,19,24)(H,22,23)/t11-/m1/s1. The molecular weight excluding hydrogens is 334 g/mol. The summed E-state index contributed by atoms with van der Waals surface area (Å²) < 4.78 is 11.2. The van der Waals surface area contributed by atoms with Crippen LogP contribution in [0.4, 0.5) is 4.79 Å². The maximum atomic E-state index is 11.8. The minimum Gasteiger partial charge on any atom is -0.491 e. The average Bonchev–Trinajstić information content (AvgIpc) is 3.02. The molecule has 1 amide bonds. The van der Waals surface area contributed by atoms with E-state index in [0.29, 0.717) is 30.2 Å². The largest absolute Gasteiger partial charge is 0.491 e. The normalized spacial score (nSPS) is 17.8. The summed E-state index contributed by atoms with van der Waals surface area (Å²) in [5.74, 6) is 1.18. The Hall–Kier alpha value is -3.16. The second kappa shape index (κ2) is 6.62. The van der Waals surface area contributed by atoms with Crippen LogP contribution in [0.3, 0.4) is 0 Å². The zero-order chi connectivity index (χ0) is 18.1. The first-order valence-electron chi connectivity index (χ1n) is 8.49. The van der Waals surface area contributed by atoms with Crippen LogP contribution in [0.2, 0.25) is 0 Å². The zero-order valence-corrected chi connectivity index (χ0v) is 14.6. The van der Waals surface area contributed by atoms with Crippen LogP contribution in [-0.4, -0.2) is 38.9 Å². The second-order valence-corrected chi connectivity index (χ2v) is 6.31. The van der Waals surface area contributed by atoms with Gasteiger partial charge in [0.2, 0.25) is 0 Å². The average molecular weight is 353 g/mol. The van der Waals surface area contributed by atoms with E-state index in [9.17, 15) is 4.79 Å². The summed E-state index contributed by atoms with van der Waals surface area (Å²) >= 11 is 0. The minimum absolute atomic E-state index is 0.000171. The molecule has 3 aromatic rings. The predicted molar refractivity (Wildman–Crippen MR) is 94.8 cm³/mol. The molecule has 8 nitrogen and oxygen atoms in total. The van der Waals surface area contributed by atoms with E-state index < -0.39 is 6.09 Å². The van der Waals surface area contributed by atoms with Crippen molar-refractivity contribution < 1.29 is 14.3 Å². The number of hydrogen-bond acceptors (Lipinski definition) is 6. The molecule has 1 aliphatic heterocycles. The Morgan fingerprint density at radius 3 is 3.00 bits per heavy atom. The van der Waals surface area contributed by atoms with Crippen molar-refractivity contribution >= 4 is 17.0 Å². The molecule has 2 aromatic heterocycles. The molecule has 0 unspecified atom stereocenters. The molecule has 1 aromatic carbocycles. The summed E-state index contributed by atoms with van der Waals surface area (Å²) in [5.41, 5.74) is 3.05. The molecule has 3 heterocycles. The smallest absolute Gasteiger partial charge is 0.407 e. The van der Waals surface area contributed by atoms with Gasteiger partial charge in [0.05, 0.1) is 17.3 Å². The molecule has 2 N–H and O–H groups in total. The maximum absolute atomic E-state index is 11.8. The van der Waals surface area contributed by atoms with Gasteiger partial charge in [0.15, 0.2) is 12.4 Å². The summed E-state index contributed by atoms with van der Waals surface area (Å²) in [5, 5.41) is 11.1. The van der Waals surface area contributed by atoms with E-state index in [-0.39, 0.29) is 12.7 Å². The van der Waals surface area contributed by atoms with Crippen LogP contribution >= 0.6 is 0 Å². The van der Waals surface area contributed by atoms with Crippen LogP contribution in [0.25, 0.3) is 22.3 Å². The molecule has 0 saturated heterocycles. The van der Waals surface area contributed by atoms with E-state index >= 15 is 0 Å². The van der Waals surface area contributed by atoms with Crippen molar-refractivity contribution in [3.8, 4) is 17.1 Å². The van der Waals surface area contributed by atoms with Gasteiger partial charge in [-0.05, 0) is 38.1 Å². The van der Waals surface area contributed by atoms with E-state index in [1.165, 1.54) is 0 Å². The van der Waals surface area contributed by atoms with E-state index in [1.807, 2.05) is 38.1 Å². The molecular formula is C18H19N5O3. The number of aromatic nitrogens is 4. The van der Waals surface area contributed by atoms with Crippen LogP contribution in [0.5, 0.6) is 5.75 Å². The number of rotatable bonds is 0. The van der Waals surface area contributed by atoms with Gasteiger partial charge in [0.25, 0.3) is 0 Å². The van der Waals surface area contributed by atoms with Crippen molar-refractivity contribution in [2.45, 2.75) is 33.0 Å². The summed E-state index contributed by atoms with van der Waals surface area (Å²) in [4.78, 5) is 20.7. The number of benzene rings is 1. The van der Waals surface area contributed by atoms with Crippen molar-refractivity contribution in [2.24, 2.45) is 0 Å². The first-order valence-corrected chi connectivity index (χ1v) is 8.49. The summed E-state index contributed by atoms with van der Waals surface area (Å²) in [6.07, 6.45) is 0.104. The fourth-order valence-corrected chi connectivity index (χ4v) is 2.93. The number of amides is 1. The van der Waals surface area contributed by atoms with E-state index in [0.717, 1.165) is 22.3 Å². The highest BCUT2D eigenvalue weighted by Crippen LogP contribution is 2.29. The SMILES string of the molecule is Cc1cc2nc(n1)COC(=O)NCC[C@@H](C)Oc1ccc3[nH]nc-2c3c1. The zero-order valence-electron chi connectivity index (χ0n) is 14.6. The second-order valence-electron chi connectivity index (χ2n) is 6.31. The van der Waals surface area contributed by atoms with Gasteiger partial charge in [-0.1, -0.05) is 0 Å². The third-order valence-electron chi connectivity index (χ3n) is 4.17. The Labute approximate surface area is 149 Å². The summed E-state index contributed by atoms with van der Waals surface area (Å²) in [6, 6.07) is 7.65. The molecule has 26 heavy (non-hydrogen) atoms. The van der Waals surface area contributed by atoms with Crippen molar-refractivity contribution in [3.05, 3.63) is 35.8 Å². The lowest BCUT2D eigenvalue weighted by Crippen LogP contribution is -2.28. The lowest BCUT2D eigenvalue weighted by molar-refractivity contribution is 0.134. The van der Waals surface area contributed by atoms with Gasteiger partial charge in [-0.15, -0.1) is 0 Å². The number of aromatic amines is 1. The number of nitrogens with one attached hydrogen (secondary N) is 2. The number of alkyl carbamates (subject to hydrolysis) is 1. The lowest BCUT2D eigenvalue weighted by atomic mass is 10.1. The molecule has 0 fully saturated rings. The third kappa shape index (κ3) is 3.30. The van der Waals surface area contributed by atoms with E-state index in [1.54, 1.807) is 0 Å². The third-order valence-corrected chi connectivity index (χ3v) is 4.17. The van der Waals surface area contributed by atoms with Gasteiger partial charge in [0, 0.05) is 24.0 Å². The van der Waals surface area contributed by atoms with Crippen molar-refractivity contribution in [1.29, 1.82) is 0 Å². The molecule has 1 aliphatic rings. The van der Waals surface area contributed by atoms with Gasteiger partial charge in [-0.3, -0.25) is 5.10 Å². The number of carbonyl (C=O) groups is 1. The highest BCUT2D eigenvalue weighted by Gasteiger charge is 2.15. The Morgan fingerprint density at radius 1 is 1.23 bits per heavy atom. The monoisotopic (exact) mass is 353 g/mol. The van der Waals surface area contributed by atoms with Crippen LogP contribution < -0.4 is 10.1 Å². The Balaban J connectivity index is 1.82. The fourth-order valence-electron chi connectivity index (χ4n) is 2.93. The molecule has 134 valence electrons. The highest BCUT2D eigenvalue weighted by atomic mass is 16.5. The Bertz CT molecular complexity index is 969. The van der Waals surface area contributed by atoms with Gasteiger partial charge in [-0.2, -0.15) is 5.10 Å². The number of hydrogen-bond donors (Lipinski definition) is 2. The Morgan fingerprint density at radius 2 is 2.12 bits per heavy atom. The van der Waals surface area contributed by atoms with Gasteiger partial charge < -0.3 is 14.8 Å². The minimum atomic E-state index is -0.499. The van der Waals surface area contributed by atoms with Crippen LogP contribution in [0.1, 0.15) is 24.9 Å². The van der Waals surface area contributed by atoms with E-state index in [2.05, 4.69) is 25.5 Å². The molecule has 0 aliphatic carbocycles. The van der Waals surface area contributed by atoms with E-state index in [4.69, 9.17) is 9.47 Å². The van der Waals surface area contributed by atoms with Crippen molar-refractivity contribution in [1.82, 2.24) is 25.5 Å². The highest BCUT2D eigenvalue weighted by molar-refractivity contribution is 5.92. The quantitative estimate of drug-likeness (QED) is 0.644. The number of ether oxygens (including phenoxy) is 2. The first-order chi connectivity index (χ1) is 12.6.